The number of rotatable bonds is 4. The van der Waals surface area contributed by atoms with Crippen molar-refractivity contribution in [2.24, 2.45) is 16.3 Å². The van der Waals surface area contributed by atoms with Crippen LogP contribution in [0, 0.1) is 5.41 Å². The van der Waals surface area contributed by atoms with Crippen LogP contribution >= 0.6 is 0 Å². The Hall–Kier alpha value is -0.860. The fourth-order valence-corrected chi connectivity index (χ4v) is 4.43. The molecule has 1 atom stereocenters. The number of amidine groups is 1. The summed E-state index contributed by atoms with van der Waals surface area (Å²) in [5.74, 6) is 0.237. The lowest BCUT2D eigenvalue weighted by molar-refractivity contribution is 0.125. The zero-order valence-electron chi connectivity index (χ0n) is 11.8. The van der Waals surface area contributed by atoms with Gasteiger partial charge in [0.25, 0.3) is 0 Å². The monoisotopic (exact) mass is 305 g/mol. The molecule has 3 N–H and O–H groups in total. The van der Waals surface area contributed by atoms with Crippen molar-refractivity contribution in [3.8, 4) is 0 Å². The third-order valence-corrected chi connectivity index (χ3v) is 6.31. The van der Waals surface area contributed by atoms with E-state index in [1.807, 2.05) is 6.92 Å². The fourth-order valence-electron chi connectivity index (χ4n) is 2.75. The standard InChI is InChI=1S/C12H23N3O4S/c1-12(11(13)14-16)4-6-15(7-5-12)20(17,18)9-10-3-2-8-19-10/h10,16H,2-9H2,1H3,(H2,13,14). The maximum Gasteiger partial charge on any atom is 0.216 e. The Morgan fingerprint density at radius 3 is 2.65 bits per heavy atom. The molecule has 2 fully saturated rings. The number of hydrogen-bond acceptors (Lipinski definition) is 5. The number of oxime groups is 1. The summed E-state index contributed by atoms with van der Waals surface area (Å²) in [6, 6.07) is 0. The minimum atomic E-state index is -3.28. The maximum absolute atomic E-state index is 12.3. The predicted molar refractivity (Wildman–Crippen MR) is 75.1 cm³/mol. The van der Waals surface area contributed by atoms with Gasteiger partial charge < -0.3 is 15.7 Å². The molecule has 2 saturated heterocycles. The van der Waals surface area contributed by atoms with Crippen molar-refractivity contribution >= 4 is 15.9 Å². The second kappa shape index (κ2) is 5.87. The number of sulfonamides is 1. The van der Waals surface area contributed by atoms with Gasteiger partial charge in [-0.05, 0) is 25.7 Å². The van der Waals surface area contributed by atoms with Crippen LogP contribution in [0.5, 0.6) is 0 Å². The van der Waals surface area contributed by atoms with Gasteiger partial charge in [0.05, 0.1) is 11.9 Å². The largest absolute Gasteiger partial charge is 0.409 e. The third kappa shape index (κ3) is 3.24. The quantitative estimate of drug-likeness (QED) is 0.337. The molecule has 116 valence electrons. The molecule has 0 aromatic carbocycles. The smallest absolute Gasteiger partial charge is 0.216 e. The fraction of sp³-hybridized carbons (Fsp3) is 0.917. The maximum atomic E-state index is 12.3. The van der Waals surface area contributed by atoms with Gasteiger partial charge >= 0.3 is 0 Å². The van der Waals surface area contributed by atoms with E-state index in [1.54, 1.807) is 0 Å². The van der Waals surface area contributed by atoms with Crippen molar-refractivity contribution in [3.05, 3.63) is 0 Å². The van der Waals surface area contributed by atoms with Gasteiger partial charge in [0.1, 0.15) is 5.84 Å². The first-order chi connectivity index (χ1) is 9.37. The van der Waals surface area contributed by atoms with Crippen LogP contribution in [-0.4, -0.2) is 55.3 Å². The number of nitrogens with two attached hydrogens (primary N) is 1. The number of hydrogen-bond donors (Lipinski definition) is 2. The normalized spacial score (nSPS) is 28.6. The number of nitrogens with zero attached hydrogens (tertiary/aromatic N) is 2. The molecular weight excluding hydrogens is 282 g/mol. The highest BCUT2D eigenvalue weighted by atomic mass is 32.2. The zero-order chi connectivity index (χ0) is 14.8. The van der Waals surface area contributed by atoms with Gasteiger partial charge in [0, 0.05) is 25.1 Å². The molecule has 0 spiro atoms. The van der Waals surface area contributed by atoms with E-state index in [0.717, 1.165) is 12.8 Å². The molecule has 2 aliphatic rings. The first kappa shape index (κ1) is 15.5. The van der Waals surface area contributed by atoms with Crippen molar-refractivity contribution in [2.75, 3.05) is 25.4 Å². The average molecular weight is 305 g/mol. The lowest BCUT2D eigenvalue weighted by Crippen LogP contribution is -2.48. The molecule has 2 heterocycles. The van der Waals surface area contributed by atoms with Crippen molar-refractivity contribution < 1.29 is 18.4 Å². The first-order valence-electron chi connectivity index (χ1n) is 6.95. The van der Waals surface area contributed by atoms with Gasteiger partial charge in [-0.3, -0.25) is 0 Å². The van der Waals surface area contributed by atoms with Crippen LogP contribution in [0.4, 0.5) is 0 Å². The van der Waals surface area contributed by atoms with E-state index < -0.39 is 15.4 Å². The van der Waals surface area contributed by atoms with Gasteiger partial charge in [-0.2, -0.15) is 0 Å². The van der Waals surface area contributed by atoms with E-state index in [4.69, 9.17) is 15.7 Å². The Bertz CT molecular complexity index is 463. The lowest BCUT2D eigenvalue weighted by Gasteiger charge is -2.37. The molecule has 1 unspecified atom stereocenters. The molecule has 7 nitrogen and oxygen atoms in total. The van der Waals surface area contributed by atoms with E-state index in [1.165, 1.54) is 4.31 Å². The molecule has 0 bridgehead atoms. The SMILES string of the molecule is CC1(C(N)=NO)CCN(S(=O)(=O)CC2CCCO2)CC1. The summed E-state index contributed by atoms with van der Waals surface area (Å²) in [7, 11) is -3.28. The van der Waals surface area contributed by atoms with E-state index in [2.05, 4.69) is 5.16 Å². The summed E-state index contributed by atoms with van der Waals surface area (Å²) in [5.41, 5.74) is 5.25. The van der Waals surface area contributed by atoms with Crippen molar-refractivity contribution in [1.29, 1.82) is 0 Å². The van der Waals surface area contributed by atoms with Crippen LogP contribution in [0.3, 0.4) is 0 Å². The van der Waals surface area contributed by atoms with Crippen LogP contribution in [0.2, 0.25) is 0 Å². The highest BCUT2D eigenvalue weighted by molar-refractivity contribution is 7.89. The Balaban J connectivity index is 1.95. The molecule has 0 aromatic rings. The van der Waals surface area contributed by atoms with Crippen LogP contribution < -0.4 is 5.73 Å². The van der Waals surface area contributed by atoms with E-state index in [-0.39, 0.29) is 17.7 Å². The molecule has 2 aliphatic heterocycles. The highest BCUT2D eigenvalue weighted by Gasteiger charge is 2.38. The van der Waals surface area contributed by atoms with Gasteiger partial charge in [-0.25, -0.2) is 12.7 Å². The van der Waals surface area contributed by atoms with Crippen molar-refractivity contribution in [1.82, 2.24) is 4.31 Å². The highest BCUT2D eigenvalue weighted by Crippen LogP contribution is 2.32. The van der Waals surface area contributed by atoms with Gasteiger partial charge in [-0.15, -0.1) is 0 Å². The Morgan fingerprint density at radius 1 is 1.50 bits per heavy atom. The summed E-state index contributed by atoms with van der Waals surface area (Å²) in [5, 5.41) is 11.8. The minimum absolute atomic E-state index is 0.0628. The van der Waals surface area contributed by atoms with Crippen molar-refractivity contribution in [2.45, 2.75) is 38.7 Å². The summed E-state index contributed by atoms with van der Waals surface area (Å²) in [6.45, 7) is 3.36. The molecule has 0 aromatic heterocycles. The van der Waals surface area contributed by atoms with Crippen LogP contribution in [-0.2, 0) is 14.8 Å². The van der Waals surface area contributed by atoms with Crippen LogP contribution in [0.25, 0.3) is 0 Å². The topological polar surface area (TPSA) is 105 Å². The summed E-state index contributed by atoms with van der Waals surface area (Å²) >= 11 is 0. The molecule has 0 saturated carbocycles. The average Bonchev–Trinajstić information content (AvgIpc) is 2.90. The first-order valence-corrected chi connectivity index (χ1v) is 8.56. The zero-order valence-corrected chi connectivity index (χ0v) is 12.6. The van der Waals surface area contributed by atoms with Gasteiger partial charge in [0.2, 0.25) is 10.0 Å². The summed E-state index contributed by atoms with van der Waals surface area (Å²) < 4.78 is 31.6. The van der Waals surface area contributed by atoms with Gasteiger partial charge in [-0.1, -0.05) is 12.1 Å². The molecule has 8 heteroatoms. The summed E-state index contributed by atoms with van der Waals surface area (Å²) in [6.07, 6.45) is 2.70. The molecule has 0 radical (unpaired) electrons. The van der Waals surface area contributed by atoms with E-state index >= 15 is 0 Å². The number of piperidine rings is 1. The Kier molecular flexibility index (Phi) is 4.55. The van der Waals surface area contributed by atoms with Crippen molar-refractivity contribution in [3.63, 3.8) is 0 Å². The number of ether oxygens (including phenoxy) is 1. The second-order valence-electron chi connectivity index (χ2n) is 5.86. The third-order valence-electron chi connectivity index (χ3n) is 4.37. The minimum Gasteiger partial charge on any atom is -0.409 e. The van der Waals surface area contributed by atoms with Crippen LogP contribution in [0.1, 0.15) is 32.6 Å². The molecule has 20 heavy (non-hydrogen) atoms. The predicted octanol–water partition coefficient (Wildman–Crippen LogP) is 0.344. The van der Waals surface area contributed by atoms with Crippen LogP contribution in [0.15, 0.2) is 5.16 Å². The Morgan fingerprint density at radius 2 is 2.15 bits per heavy atom. The Labute approximate surface area is 119 Å². The molecule has 0 aliphatic carbocycles. The molecular formula is C12H23N3O4S. The molecule has 2 rings (SSSR count). The van der Waals surface area contributed by atoms with E-state index in [0.29, 0.717) is 32.5 Å². The summed E-state index contributed by atoms with van der Waals surface area (Å²) in [4.78, 5) is 0. The molecule has 0 amide bonds. The van der Waals surface area contributed by atoms with Gasteiger partial charge in [0.15, 0.2) is 0 Å². The van der Waals surface area contributed by atoms with E-state index in [9.17, 15) is 8.42 Å². The second-order valence-corrected chi connectivity index (χ2v) is 7.87. The lowest BCUT2D eigenvalue weighted by atomic mass is 9.80.